The van der Waals surface area contributed by atoms with Crippen LogP contribution >= 0.6 is 43.2 Å². The van der Waals surface area contributed by atoms with E-state index in [0.717, 1.165) is 41.0 Å². The maximum Gasteiger partial charge on any atom is 0.261 e. The lowest BCUT2D eigenvalue weighted by Gasteiger charge is -2.43. The fraction of sp³-hybridized carbons (Fsp3) is 0.643. The SMILES string of the molecule is CC[C@@](C)(CNC(=O)c1cc(Br)c(Br)s1)N1CCOCC1. The molecule has 4 nitrogen and oxygen atoms in total. The van der Waals surface area contributed by atoms with Crippen molar-refractivity contribution in [2.75, 3.05) is 32.8 Å². The molecule has 1 fully saturated rings. The minimum atomic E-state index is -0.0227. The Morgan fingerprint density at radius 3 is 2.67 bits per heavy atom. The molecule has 0 unspecified atom stereocenters. The summed E-state index contributed by atoms with van der Waals surface area (Å²) in [5.41, 5.74) is -0.0227. The van der Waals surface area contributed by atoms with E-state index in [1.54, 1.807) is 0 Å². The Kier molecular flexibility index (Phi) is 6.25. The molecule has 1 aromatic heterocycles. The van der Waals surface area contributed by atoms with Crippen molar-refractivity contribution in [1.82, 2.24) is 10.2 Å². The van der Waals surface area contributed by atoms with E-state index in [0.29, 0.717) is 11.4 Å². The van der Waals surface area contributed by atoms with Crippen LogP contribution in [0.25, 0.3) is 0 Å². The molecule has 7 heteroatoms. The van der Waals surface area contributed by atoms with Crippen molar-refractivity contribution in [2.24, 2.45) is 0 Å². The number of carbonyl (C=O) groups excluding carboxylic acids is 1. The molecular weight excluding hydrogens is 420 g/mol. The van der Waals surface area contributed by atoms with Crippen LogP contribution in [-0.4, -0.2) is 49.2 Å². The van der Waals surface area contributed by atoms with Gasteiger partial charge in [-0.2, -0.15) is 0 Å². The van der Waals surface area contributed by atoms with Gasteiger partial charge in [-0.3, -0.25) is 9.69 Å². The van der Waals surface area contributed by atoms with Gasteiger partial charge in [0.1, 0.15) is 0 Å². The van der Waals surface area contributed by atoms with Crippen molar-refractivity contribution in [2.45, 2.75) is 25.8 Å². The van der Waals surface area contributed by atoms with Crippen LogP contribution in [-0.2, 0) is 4.74 Å². The molecule has 0 aliphatic carbocycles. The summed E-state index contributed by atoms with van der Waals surface area (Å²) in [5, 5.41) is 3.08. The van der Waals surface area contributed by atoms with Gasteiger partial charge in [0.15, 0.2) is 0 Å². The number of carbonyl (C=O) groups is 1. The Hall–Kier alpha value is 0.0500. The molecule has 1 amide bonds. The van der Waals surface area contributed by atoms with Crippen molar-refractivity contribution in [3.63, 3.8) is 0 Å². The zero-order chi connectivity index (χ0) is 15.5. The molecule has 0 saturated carbocycles. The number of nitrogens with one attached hydrogen (secondary N) is 1. The van der Waals surface area contributed by atoms with Gasteiger partial charge in [-0.25, -0.2) is 0 Å². The fourth-order valence-electron chi connectivity index (χ4n) is 2.38. The van der Waals surface area contributed by atoms with Crippen LogP contribution in [0.5, 0.6) is 0 Å². The highest BCUT2D eigenvalue weighted by molar-refractivity contribution is 9.13. The highest BCUT2D eigenvalue weighted by Crippen LogP contribution is 2.32. The maximum atomic E-state index is 12.3. The van der Waals surface area contributed by atoms with E-state index in [-0.39, 0.29) is 11.4 Å². The number of morpholine rings is 1. The molecule has 0 bridgehead atoms. The van der Waals surface area contributed by atoms with Gasteiger partial charge >= 0.3 is 0 Å². The molecule has 1 aliphatic rings. The van der Waals surface area contributed by atoms with Gasteiger partial charge in [0.05, 0.1) is 21.9 Å². The number of rotatable bonds is 5. The fourth-order valence-corrected chi connectivity index (χ4v) is 4.33. The molecule has 1 N–H and O–H groups in total. The van der Waals surface area contributed by atoms with Crippen molar-refractivity contribution in [3.8, 4) is 0 Å². The lowest BCUT2D eigenvalue weighted by molar-refractivity contribution is -0.0169. The second-order valence-corrected chi connectivity index (χ2v) is 8.59. The van der Waals surface area contributed by atoms with E-state index in [1.165, 1.54) is 11.3 Å². The smallest absolute Gasteiger partial charge is 0.261 e. The van der Waals surface area contributed by atoms with Crippen molar-refractivity contribution in [3.05, 3.63) is 19.2 Å². The Balaban J connectivity index is 1.97. The maximum absolute atomic E-state index is 12.3. The summed E-state index contributed by atoms with van der Waals surface area (Å²) in [4.78, 5) is 15.4. The van der Waals surface area contributed by atoms with Crippen LogP contribution in [0.2, 0.25) is 0 Å². The lowest BCUT2D eigenvalue weighted by Crippen LogP contribution is -2.56. The van der Waals surface area contributed by atoms with Gasteiger partial charge in [0, 0.05) is 29.6 Å². The zero-order valence-corrected chi connectivity index (χ0v) is 16.2. The van der Waals surface area contributed by atoms with Crippen LogP contribution in [0.4, 0.5) is 0 Å². The van der Waals surface area contributed by atoms with Crippen LogP contribution < -0.4 is 5.32 Å². The topological polar surface area (TPSA) is 41.6 Å². The molecule has 0 aromatic carbocycles. The van der Waals surface area contributed by atoms with Crippen LogP contribution in [0.3, 0.4) is 0 Å². The molecule has 0 spiro atoms. The van der Waals surface area contributed by atoms with Crippen molar-refractivity contribution in [1.29, 1.82) is 0 Å². The molecular formula is C14H20Br2N2O2S. The van der Waals surface area contributed by atoms with Gasteiger partial charge < -0.3 is 10.1 Å². The average Bonchev–Trinajstić information content (AvgIpc) is 2.85. The second kappa shape index (κ2) is 7.55. The number of halogens is 2. The van der Waals surface area contributed by atoms with E-state index in [9.17, 15) is 4.79 Å². The van der Waals surface area contributed by atoms with Gasteiger partial charge in [-0.15, -0.1) is 11.3 Å². The van der Waals surface area contributed by atoms with Crippen molar-refractivity contribution < 1.29 is 9.53 Å². The number of hydrogen-bond donors (Lipinski definition) is 1. The molecule has 2 heterocycles. The average molecular weight is 440 g/mol. The lowest BCUT2D eigenvalue weighted by atomic mass is 9.95. The third-order valence-corrected chi connectivity index (χ3v) is 7.29. The Morgan fingerprint density at radius 1 is 1.48 bits per heavy atom. The Morgan fingerprint density at radius 2 is 2.14 bits per heavy atom. The zero-order valence-electron chi connectivity index (χ0n) is 12.2. The van der Waals surface area contributed by atoms with E-state index >= 15 is 0 Å². The normalized spacial score (nSPS) is 19.2. The molecule has 1 aliphatic heterocycles. The summed E-state index contributed by atoms with van der Waals surface area (Å²) in [5.74, 6) is -0.0145. The van der Waals surface area contributed by atoms with Crippen molar-refractivity contribution >= 4 is 49.1 Å². The molecule has 1 atom stereocenters. The minimum Gasteiger partial charge on any atom is -0.379 e. The molecule has 118 valence electrons. The third kappa shape index (κ3) is 4.28. The van der Waals surface area contributed by atoms with E-state index in [4.69, 9.17) is 4.74 Å². The Labute approximate surface area is 146 Å². The first kappa shape index (κ1) is 17.4. The molecule has 0 radical (unpaired) electrons. The number of amides is 1. The molecule has 1 saturated heterocycles. The minimum absolute atomic E-state index is 0.0145. The summed E-state index contributed by atoms with van der Waals surface area (Å²) >= 11 is 8.27. The predicted octanol–water partition coefficient (Wildman–Crippen LogP) is 3.50. The predicted molar refractivity (Wildman–Crippen MR) is 93.1 cm³/mol. The number of nitrogens with zero attached hydrogens (tertiary/aromatic N) is 1. The summed E-state index contributed by atoms with van der Waals surface area (Å²) in [6.07, 6.45) is 0.991. The van der Waals surface area contributed by atoms with Gasteiger partial charge in [0.25, 0.3) is 5.91 Å². The van der Waals surface area contributed by atoms with E-state index < -0.39 is 0 Å². The quantitative estimate of drug-likeness (QED) is 0.763. The standard InChI is InChI=1S/C14H20Br2N2O2S/c1-3-14(2,18-4-6-20-7-5-18)9-17-13(19)11-8-10(15)12(16)21-11/h8H,3-7,9H2,1-2H3,(H,17,19)/t14-/m0/s1. The first-order valence-corrected chi connectivity index (χ1v) is 9.42. The highest BCUT2D eigenvalue weighted by Gasteiger charge is 2.31. The van der Waals surface area contributed by atoms with Gasteiger partial charge in [0.2, 0.25) is 0 Å². The van der Waals surface area contributed by atoms with Gasteiger partial charge in [-0.1, -0.05) is 6.92 Å². The van der Waals surface area contributed by atoms with E-state index in [1.807, 2.05) is 6.07 Å². The van der Waals surface area contributed by atoms with Crippen LogP contribution in [0.15, 0.2) is 14.3 Å². The summed E-state index contributed by atoms with van der Waals surface area (Å²) in [6, 6.07) is 1.85. The largest absolute Gasteiger partial charge is 0.379 e. The molecule has 21 heavy (non-hydrogen) atoms. The Bertz CT molecular complexity index is 484. The number of thiophene rings is 1. The number of ether oxygens (including phenoxy) is 1. The highest BCUT2D eigenvalue weighted by atomic mass is 79.9. The summed E-state index contributed by atoms with van der Waals surface area (Å²) in [7, 11) is 0. The van der Waals surface area contributed by atoms with Crippen LogP contribution in [0, 0.1) is 0 Å². The molecule has 2 rings (SSSR count). The first-order chi connectivity index (χ1) is 9.96. The van der Waals surface area contributed by atoms with E-state index in [2.05, 4.69) is 55.9 Å². The van der Waals surface area contributed by atoms with Gasteiger partial charge in [-0.05, 0) is 51.3 Å². The summed E-state index contributed by atoms with van der Waals surface area (Å²) in [6.45, 7) is 8.42. The second-order valence-electron chi connectivity index (χ2n) is 5.36. The molecule has 1 aromatic rings. The summed E-state index contributed by atoms with van der Waals surface area (Å²) < 4.78 is 7.28. The number of hydrogen-bond acceptors (Lipinski definition) is 4. The third-order valence-electron chi connectivity index (χ3n) is 4.03. The first-order valence-electron chi connectivity index (χ1n) is 7.02. The monoisotopic (exact) mass is 438 g/mol. The van der Waals surface area contributed by atoms with Crippen LogP contribution in [0.1, 0.15) is 29.9 Å².